The first-order valence-electron chi connectivity index (χ1n) is 6.60. The van der Waals surface area contributed by atoms with Crippen LogP contribution in [0.25, 0.3) is 0 Å². The zero-order chi connectivity index (χ0) is 16.3. The molecule has 1 aliphatic rings. The van der Waals surface area contributed by atoms with E-state index in [0.29, 0.717) is 5.56 Å². The Labute approximate surface area is 127 Å². The molecule has 1 amide bonds. The second-order valence-electron chi connectivity index (χ2n) is 5.22. The number of aliphatic carboxylic acids is 1. The van der Waals surface area contributed by atoms with Gasteiger partial charge < -0.3 is 10.0 Å². The van der Waals surface area contributed by atoms with Crippen LogP contribution in [0.4, 0.5) is 3.89 Å². The van der Waals surface area contributed by atoms with E-state index in [1.165, 1.54) is 17.3 Å². The van der Waals surface area contributed by atoms with E-state index in [4.69, 9.17) is 5.11 Å². The number of carboxylic acids is 1. The quantitative estimate of drug-likeness (QED) is 0.772. The maximum atomic E-state index is 12.8. The molecule has 0 bridgehead atoms. The lowest BCUT2D eigenvalue weighted by molar-refractivity contribution is -0.139. The van der Waals surface area contributed by atoms with E-state index in [2.05, 4.69) is 4.98 Å². The fourth-order valence-electron chi connectivity index (χ4n) is 2.65. The van der Waals surface area contributed by atoms with Crippen LogP contribution in [0.15, 0.2) is 24.5 Å². The number of carbonyl (C=O) groups is 2. The number of carbonyl (C=O) groups excluding carboxylic acids is 1. The fraction of sp³-hybridized carbons (Fsp3) is 0.462. The first-order chi connectivity index (χ1) is 10.3. The van der Waals surface area contributed by atoms with Crippen molar-refractivity contribution in [1.29, 1.82) is 0 Å². The van der Waals surface area contributed by atoms with Crippen LogP contribution in [-0.2, 0) is 19.8 Å². The van der Waals surface area contributed by atoms with Crippen LogP contribution in [0.2, 0.25) is 0 Å². The number of rotatable bonds is 6. The lowest BCUT2D eigenvalue weighted by Crippen LogP contribution is -2.32. The highest BCUT2D eigenvalue weighted by molar-refractivity contribution is 7.86. The highest BCUT2D eigenvalue weighted by Crippen LogP contribution is 2.31. The molecule has 22 heavy (non-hydrogen) atoms. The fourth-order valence-corrected chi connectivity index (χ4v) is 3.44. The van der Waals surface area contributed by atoms with E-state index in [9.17, 15) is 21.9 Å². The van der Waals surface area contributed by atoms with Crippen LogP contribution < -0.4 is 0 Å². The topological polar surface area (TPSA) is 105 Å². The summed E-state index contributed by atoms with van der Waals surface area (Å²) in [6.07, 6.45) is 2.54. The largest absolute Gasteiger partial charge is 0.481 e. The normalized spacial score (nSPS) is 20.1. The Morgan fingerprint density at radius 2 is 2.27 bits per heavy atom. The lowest BCUT2D eigenvalue weighted by atomic mass is 10.0. The molecule has 0 aliphatic carbocycles. The molecule has 2 atom stereocenters. The predicted octanol–water partition coefficient (Wildman–Crippen LogP) is 0.745. The molecular formula is C13H15FN2O5S. The average molecular weight is 330 g/mol. The first kappa shape index (κ1) is 16.3. The third kappa shape index (κ3) is 4.23. The minimum absolute atomic E-state index is 0.00875. The monoisotopic (exact) mass is 330 g/mol. The van der Waals surface area contributed by atoms with Gasteiger partial charge in [-0.25, -0.2) is 0 Å². The van der Waals surface area contributed by atoms with E-state index in [1.807, 2.05) is 0 Å². The number of hydrogen-bond acceptors (Lipinski definition) is 5. The number of amides is 1. The maximum absolute atomic E-state index is 12.8. The van der Waals surface area contributed by atoms with Crippen LogP contribution in [0.3, 0.4) is 0 Å². The molecule has 0 saturated carbocycles. The molecule has 0 aromatic carbocycles. The van der Waals surface area contributed by atoms with Crippen molar-refractivity contribution in [3.63, 3.8) is 0 Å². The number of halogens is 1. The summed E-state index contributed by atoms with van der Waals surface area (Å²) in [4.78, 5) is 28.3. The van der Waals surface area contributed by atoms with Crippen molar-refractivity contribution in [2.45, 2.75) is 18.9 Å². The molecule has 1 aromatic heterocycles. The molecule has 2 unspecified atom stereocenters. The summed E-state index contributed by atoms with van der Waals surface area (Å²) in [7, 11) is -4.68. The number of likely N-dealkylation sites (tertiary alicyclic amines) is 1. The van der Waals surface area contributed by atoms with Crippen LogP contribution in [-0.4, -0.2) is 47.6 Å². The zero-order valence-corrected chi connectivity index (χ0v) is 12.4. The first-order valence-corrected chi connectivity index (χ1v) is 8.15. The van der Waals surface area contributed by atoms with Crippen LogP contribution >= 0.6 is 0 Å². The Morgan fingerprint density at radius 3 is 2.82 bits per heavy atom. The predicted molar refractivity (Wildman–Crippen MR) is 73.9 cm³/mol. The molecule has 9 heteroatoms. The lowest BCUT2D eigenvalue weighted by Gasteiger charge is -2.27. The summed E-state index contributed by atoms with van der Waals surface area (Å²) in [5, 5.41) is 9.03. The Bertz CT molecular complexity index is 664. The van der Waals surface area contributed by atoms with Gasteiger partial charge in [-0.1, -0.05) is 6.07 Å². The molecule has 7 nitrogen and oxygen atoms in total. The highest BCUT2D eigenvalue weighted by Gasteiger charge is 2.37. The minimum Gasteiger partial charge on any atom is -0.481 e. The van der Waals surface area contributed by atoms with Gasteiger partial charge in [0.2, 0.25) is 5.91 Å². The molecule has 1 N–H and O–H groups in total. The highest BCUT2D eigenvalue weighted by atomic mass is 32.3. The third-order valence-corrected chi connectivity index (χ3v) is 4.36. The Morgan fingerprint density at radius 1 is 1.55 bits per heavy atom. The molecule has 1 saturated heterocycles. The Kier molecular flexibility index (Phi) is 4.74. The number of nitrogens with zero attached hydrogens (tertiary/aromatic N) is 2. The zero-order valence-electron chi connectivity index (χ0n) is 11.6. The molecule has 2 rings (SSSR count). The number of pyridine rings is 1. The summed E-state index contributed by atoms with van der Waals surface area (Å²) >= 11 is 0. The SMILES string of the molecule is O=C(O)CC(c1cccnc1)N1CC(CS(=O)(=O)F)CC1=O. The average Bonchev–Trinajstić information content (AvgIpc) is 2.75. The van der Waals surface area contributed by atoms with E-state index in [0.717, 1.165) is 0 Å². The van der Waals surface area contributed by atoms with Gasteiger partial charge in [0.15, 0.2) is 0 Å². The third-order valence-electron chi connectivity index (χ3n) is 3.49. The molecule has 0 spiro atoms. The van der Waals surface area contributed by atoms with Crippen molar-refractivity contribution in [2.75, 3.05) is 12.3 Å². The molecule has 120 valence electrons. The van der Waals surface area contributed by atoms with Crippen molar-refractivity contribution in [3.05, 3.63) is 30.1 Å². The van der Waals surface area contributed by atoms with Crippen molar-refractivity contribution in [1.82, 2.24) is 9.88 Å². The van der Waals surface area contributed by atoms with Gasteiger partial charge in [0.1, 0.15) is 0 Å². The van der Waals surface area contributed by atoms with Crippen molar-refractivity contribution >= 4 is 22.1 Å². The molecule has 1 aromatic rings. The molecule has 2 heterocycles. The molecule has 1 aliphatic heterocycles. The van der Waals surface area contributed by atoms with Gasteiger partial charge in [0, 0.05) is 31.3 Å². The van der Waals surface area contributed by atoms with Crippen molar-refractivity contribution in [2.24, 2.45) is 5.92 Å². The minimum atomic E-state index is -4.68. The smallest absolute Gasteiger partial charge is 0.305 e. The Hall–Kier alpha value is -2.03. The van der Waals surface area contributed by atoms with E-state index >= 15 is 0 Å². The summed E-state index contributed by atoms with van der Waals surface area (Å²) in [5.74, 6) is -2.88. The van der Waals surface area contributed by atoms with Gasteiger partial charge in [-0.3, -0.25) is 14.6 Å². The van der Waals surface area contributed by atoms with Gasteiger partial charge in [-0.2, -0.15) is 8.42 Å². The summed E-state index contributed by atoms with van der Waals surface area (Å²) in [5.41, 5.74) is 0.544. The van der Waals surface area contributed by atoms with Gasteiger partial charge >= 0.3 is 16.2 Å². The van der Waals surface area contributed by atoms with Crippen molar-refractivity contribution in [3.8, 4) is 0 Å². The van der Waals surface area contributed by atoms with Crippen molar-refractivity contribution < 1.29 is 27.0 Å². The summed E-state index contributed by atoms with van der Waals surface area (Å²) < 4.78 is 34.2. The molecule has 1 fully saturated rings. The number of aromatic nitrogens is 1. The number of carboxylic acid groups (broad SMARTS) is 1. The second kappa shape index (κ2) is 6.39. The van der Waals surface area contributed by atoms with E-state index < -0.39 is 33.9 Å². The summed E-state index contributed by atoms with van der Waals surface area (Å²) in [6.45, 7) is 0.00875. The van der Waals surface area contributed by atoms with Gasteiger partial charge in [-0.15, -0.1) is 3.89 Å². The van der Waals surface area contributed by atoms with Crippen LogP contribution in [0.5, 0.6) is 0 Å². The van der Waals surface area contributed by atoms with Gasteiger partial charge in [-0.05, 0) is 11.6 Å². The van der Waals surface area contributed by atoms with E-state index in [1.54, 1.807) is 12.1 Å². The molecular weight excluding hydrogens is 315 g/mol. The number of hydrogen-bond donors (Lipinski definition) is 1. The van der Waals surface area contributed by atoms with Crippen LogP contribution in [0, 0.1) is 5.92 Å². The second-order valence-corrected chi connectivity index (χ2v) is 6.63. The Balaban J connectivity index is 2.21. The standard InChI is InChI=1S/C13H15FN2O5S/c14-22(20,21)8-9-4-12(17)16(7-9)11(5-13(18)19)10-2-1-3-15-6-10/h1-3,6,9,11H,4-5,7-8H2,(H,18,19). The maximum Gasteiger partial charge on any atom is 0.305 e. The van der Waals surface area contributed by atoms with Gasteiger partial charge in [0.05, 0.1) is 18.2 Å². The van der Waals surface area contributed by atoms with Gasteiger partial charge in [0.25, 0.3) is 0 Å². The van der Waals surface area contributed by atoms with Crippen LogP contribution in [0.1, 0.15) is 24.4 Å². The summed E-state index contributed by atoms with van der Waals surface area (Å²) in [6, 6.07) is 2.52. The van der Waals surface area contributed by atoms with E-state index in [-0.39, 0.29) is 25.3 Å². The molecule has 0 radical (unpaired) electrons.